The molecule has 0 N–H and O–H groups in total. The van der Waals surface area contributed by atoms with Gasteiger partial charge >= 0.3 is 12.4 Å². The second kappa shape index (κ2) is 6.89. The zero-order chi connectivity index (χ0) is 21.6. The molecule has 0 bridgehead atoms. The quantitative estimate of drug-likeness (QED) is 0.495. The Hall–Kier alpha value is -2.85. The van der Waals surface area contributed by atoms with Crippen molar-refractivity contribution in [3.63, 3.8) is 0 Å². The first-order chi connectivity index (χ1) is 13.2. The van der Waals surface area contributed by atoms with Crippen LogP contribution >= 0.6 is 0 Å². The van der Waals surface area contributed by atoms with Gasteiger partial charge in [0.25, 0.3) is 5.92 Å². The third-order valence-corrected chi connectivity index (χ3v) is 4.18. The molecule has 0 spiro atoms. The average molecular weight is 424 g/mol. The van der Waals surface area contributed by atoms with Gasteiger partial charge in [0.2, 0.25) is 5.91 Å². The van der Waals surface area contributed by atoms with Crippen molar-refractivity contribution < 1.29 is 39.9 Å². The number of alkyl halides is 8. The van der Waals surface area contributed by atoms with E-state index >= 15 is 0 Å². The Bertz CT molecular complexity index is 915. The number of aromatic nitrogens is 1. The van der Waals surface area contributed by atoms with Crippen molar-refractivity contribution in [2.75, 3.05) is 13.1 Å². The van der Waals surface area contributed by atoms with Crippen molar-refractivity contribution >= 4 is 12.1 Å². The normalized spacial score (nSPS) is 16.9. The molecule has 1 aromatic heterocycles. The number of benzene rings is 1. The van der Waals surface area contributed by atoms with Gasteiger partial charge in [0, 0.05) is 24.7 Å². The third-order valence-electron chi connectivity index (χ3n) is 4.18. The maximum absolute atomic E-state index is 13.0. The molecule has 2 aromatic rings. The van der Waals surface area contributed by atoms with Crippen LogP contribution in [-0.4, -0.2) is 34.4 Å². The number of likely N-dealkylation sites (tertiary alicyclic amines) is 1. The molecule has 1 fully saturated rings. The summed E-state index contributed by atoms with van der Waals surface area (Å²) in [7, 11) is 0. The van der Waals surface area contributed by atoms with Crippen molar-refractivity contribution in [2.45, 2.75) is 18.3 Å². The summed E-state index contributed by atoms with van der Waals surface area (Å²) < 4.78 is 104. The standard InChI is InChI=1S/C18H12F8N2O/c19-16(20)9-28(10-16)15(29)2-4-27-3-1-11(8-27)12-5-13(17(21,22)23)7-14(6-12)18(24,25)26/h1-8H,9-10H2/b4-2-. The number of amides is 1. The van der Waals surface area contributed by atoms with Crippen LogP contribution in [0.15, 0.2) is 42.7 Å². The van der Waals surface area contributed by atoms with E-state index in [9.17, 15) is 39.9 Å². The Morgan fingerprint density at radius 1 is 0.931 bits per heavy atom. The molecule has 3 rings (SSSR count). The van der Waals surface area contributed by atoms with Gasteiger partial charge in [-0.25, -0.2) is 8.78 Å². The summed E-state index contributed by atoms with van der Waals surface area (Å²) in [6.45, 7) is -1.42. The van der Waals surface area contributed by atoms with E-state index in [1.807, 2.05) is 0 Å². The molecule has 1 aliphatic rings. The molecule has 1 aromatic carbocycles. The summed E-state index contributed by atoms with van der Waals surface area (Å²) in [4.78, 5) is 12.6. The zero-order valence-electron chi connectivity index (χ0n) is 14.4. The highest BCUT2D eigenvalue weighted by Crippen LogP contribution is 2.38. The van der Waals surface area contributed by atoms with Gasteiger partial charge in [-0.2, -0.15) is 26.3 Å². The molecule has 0 aliphatic carbocycles. The van der Waals surface area contributed by atoms with Crippen LogP contribution in [-0.2, 0) is 17.1 Å². The Morgan fingerprint density at radius 3 is 1.97 bits per heavy atom. The molecule has 0 saturated carbocycles. The lowest BCUT2D eigenvalue weighted by molar-refractivity contribution is -0.160. The second-order valence-corrected chi connectivity index (χ2v) is 6.51. The first-order valence-corrected chi connectivity index (χ1v) is 8.07. The predicted octanol–water partition coefficient (Wildman–Crippen LogP) is 5.14. The SMILES string of the molecule is O=C(/C=C\n1ccc(-c2cc(C(F)(F)F)cc(C(F)(F)F)c2)c1)N1CC(F)(F)C1. The van der Waals surface area contributed by atoms with Crippen molar-refractivity contribution in [2.24, 2.45) is 0 Å². The van der Waals surface area contributed by atoms with Crippen LogP contribution in [0.2, 0.25) is 0 Å². The lowest BCUT2D eigenvalue weighted by Crippen LogP contribution is -2.58. The monoisotopic (exact) mass is 424 g/mol. The highest BCUT2D eigenvalue weighted by Gasteiger charge is 2.45. The summed E-state index contributed by atoms with van der Waals surface area (Å²) in [5.74, 6) is -3.62. The highest BCUT2D eigenvalue weighted by atomic mass is 19.4. The summed E-state index contributed by atoms with van der Waals surface area (Å²) in [6, 6.07) is 2.47. The lowest BCUT2D eigenvalue weighted by atomic mass is 10.0. The zero-order valence-corrected chi connectivity index (χ0v) is 14.4. The summed E-state index contributed by atoms with van der Waals surface area (Å²) in [5, 5.41) is 0. The molecular weight excluding hydrogens is 412 g/mol. The number of carbonyl (C=O) groups is 1. The van der Waals surface area contributed by atoms with Crippen LogP contribution in [0, 0.1) is 0 Å². The molecule has 11 heteroatoms. The summed E-state index contributed by atoms with van der Waals surface area (Å²) >= 11 is 0. The van der Waals surface area contributed by atoms with E-state index in [0.717, 1.165) is 11.0 Å². The largest absolute Gasteiger partial charge is 0.416 e. The van der Waals surface area contributed by atoms with E-state index in [4.69, 9.17) is 0 Å². The Morgan fingerprint density at radius 2 is 1.48 bits per heavy atom. The van der Waals surface area contributed by atoms with Crippen molar-refractivity contribution in [1.82, 2.24) is 9.47 Å². The van der Waals surface area contributed by atoms with Crippen LogP contribution in [0.3, 0.4) is 0 Å². The molecule has 0 radical (unpaired) electrons. The van der Waals surface area contributed by atoms with Crippen LogP contribution < -0.4 is 0 Å². The van der Waals surface area contributed by atoms with Gasteiger partial charge in [-0.05, 0) is 35.4 Å². The molecule has 1 aliphatic heterocycles. The fourth-order valence-corrected chi connectivity index (χ4v) is 2.72. The minimum Gasteiger partial charge on any atom is -0.330 e. The van der Waals surface area contributed by atoms with Crippen LogP contribution in [0.1, 0.15) is 11.1 Å². The van der Waals surface area contributed by atoms with E-state index in [2.05, 4.69) is 0 Å². The van der Waals surface area contributed by atoms with E-state index in [-0.39, 0.29) is 17.2 Å². The van der Waals surface area contributed by atoms with Gasteiger partial charge in [0.1, 0.15) is 0 Å². The molecule has 1 saturated heterocycles. The first-order valence-electron chi connectivity index (χ1n) is 8.07. The summed E-state index contributed by atoms with van der Waals surface area (Å²) in [5.41, 5.74) is -3.15. The predicted molar refractivity (Wildman–Crippen MR) is 86.7 cm³/mol. The molecule has 156 valence electrons. The number of carbonyl (C=O) groups excluding carboxylic acids is 1. The molecule has 3 nitrogen and oxygen atoms in total. The number of hydrogen-bond donors (Lipinski definition) is 0. The van der Waals surface area contributed by atoms with Crippen molar-refractivity contribution in [1.29, 1.82) is 0 Å². The van der Waals surface area contributed by atoms with Gasteiger partial charge in [-0.15, -0.1) is 0 Å². The van der Waals surface area contributed by atoms with Crippen LogP contribution in [0.5, 0.6) is 0 Å². The molecule has 0 unspecified atom stereocenters. The molecule has 2 heterocycles. The van der Waals surface area contributed by atoms with Gasteiger partial charge in [0.15, 0.2) is 0 Å². The fraction of sp³-hybridized carbons (Fsp3) is 0.278. The van der Waals surface area contributed by atoms with E-state index in [1.54, 1.807) is 0 Å². The minimum atomic E-state index is -4.97. The highest BCUT2D eigenvalue weighted by molar-refractivity contribution is 5.91. The maximum Gasteiger partial charge on any atom is 0.416 e. The smallest absolute Gasteiger partial charge is 0.330 e. The average Bonchev–Trinajstić information content (AvgIpc) is 3.04. The number of nitrogens with zero attached hydrogens (tertiary/aromatic N) is 2. The second-order valence-electron chi connectivity index (χ2n) is 6.51. The van der Waals surface area contributed by atoms with Gasteiger partial charge in [-0.1, -0.05) is 0 Å². The number of hydrogen-bond acceptors (Lipinski definition) is 1. The van der Waals surface area contributed by atoms with E-state index in [0.29, 0.717) is 12.1 Å². The van der Waals surface area contributed by atoms with Gasteiger partial charge < -0.3 is 9.47 Å². The summed E-state index contributed by atoms with van der Waals surface area (Å²) in [6.07, 6.45) is -5.28. The van der Waals surface area contributed by atoms with Gasteiger partial charge in [0.05, 0.1) is 24.2 Å². The number of rotatable bonds is 3. The van der Waals surface area contributed by atoms with Crippen LogP contribution in [0.4, 0.5) is 35.1 Å². The maximum atomic E-state index is 13.0. The lowest BCUT2D eigenvalue weighted by Gasteiger charge is -2.37. The molecule has 0 atom stereocenters. The van der Waals surface area contributed by atoms with Crippen molar-refractivity contribution in [3.8, 4) is 11.1 Å². The molecule has 1 amide bonds. The number of halogens is 8. The van der Waals surface area contributed by atoms with Crippen molar-refractivity contribution in [3.05, 3.63) is 53.9 Å². The third kappa shape index (κ3) is 4.77. The fourth-order valence-electron chi connectivity index (χ4n) is 2.72. The van der Waals surface area contributed by atoms with E-state index in [1.165, 1.54) is 29.2 Å². The Balaban J connectivity index is 1.84. The van der Waals surface area contributed by atoms with E-state index < -0.39 is 48.4 Å². The Kier molecular flexibility index (Phi) is 4.96. The molecular formula is C18H12F8N2O. The molecule has 29 heavy (non-hydrogen) atoms. The first kappa shape index (κ1) is 20.9. The topological polar surface area (TPSA) is 25.2 Å². The minimum absolute atomic E-state index is 0.0297. The van der Waals surface area contributed by atoms with Crippen LogP contribution in [0.25, 0.3) is 17.3 Å². The van der Waals surface area contributed by atoms with Gasteiger partial charge in [-0.3, -0.25) is 4.79 Å². The Labute approximate surface area is 158 Å².